The Morgan fingerprint density at radius 1 is 0.821 bits per heavy atom. The molecule has 2 aromatic carbocycles. The van der Waals surface area contributed by atoms with Gasteiger partial charge in [0.1, 0.15) is 5.80 Å². The molecule has 0 aliphatic heterocycles. The van der Waals surface area contributed by atoms with E-state index in [0.717, 1.165) is 24.9 Å². The summed E-state index contributed by atoms with van der Waals surface area (Å²) in [4.78, 5) is 13.0. The van der Waals surface area contributed by atoms with Crippen LogP contribution in [0.5, 0.6) is 0 Å². The maximum Gasteiger partial charge on any atom is 2.00 e. The summed E-state index contributed by atoms with van der Waals surface area (Å²) in [6.07, 6.45) is 1.75. The van der Waals surface area contributed by atoms with E-state index < -0.39 is 0 Å². The average molecular weight is 469 g/mol. The van der Waals surface area contributed by atoms with Crippen molar-refractivity contribution in [3.63, 3.8) is 0 Å². The van der Waals surface area contributed by atoms with Gasteiger partial charge in [0, 0.05) is 6.20 Å². The van der Waals surface area contributed by atoms with Gasteiger partial charge in [0.2, 0.25) is 0 Å². The molecule has 3 heterocycles. The molecule has 1 atom stereocenters. The van der Waals surface area contributed by atoms with Crippen molar-refractivity contribution in [1.29, 1.82) is 0 Å². The predicted molar refractivity (Wildman–Crippen MR) is 113 cm³/mol. The van der Waals surface area contributed by atoms with Crippen molar-refractivity contribution in [2.75, 3.05) is 0 Å². The molecule has 3 aromatic heterocycles. The number of para-hydroxylation sites is 2. The Labute approximate surface area is 178 Å². The predicted octanol–water partition coefficient (Wildman–Crippen LogP) is 5.72. The standard InChI is InChI=1S/C12H8N3.C11H8P.Rh/c1-2-6-10-9(5-1)14-12(15-10)11-7-3-4-8-13-11;1-2-6-10(7-3-1)11-8-4-5-9-12-11;/h1-8H;1-6,8-9H;/q2*-1;+2/p+1. The molecule has 1 radical (unpaired) electrons. The maximum absolute atomic E-state index is 4.41. The van der Waals surface area contributed by atoms with Gasteiger partial charge in [-0.1, -0.05) is 42.5 Å². The summed E-state index contributed by atoms with van der Waals surface area (Å²) in [7, 11) is 0.788. The van der Waals surface area contributed by atoms with Crippen LogP contribution in [0.15, 0.2) is 96.9 Å². The van der Waals surface area contributed by atoms with Gasteiger partial charge in [-0.05, 0) is 35.1 Å². The van der Waals surface area contributed by atoms with E-state index in [4.69, 9.17) is 0 Å². The Hall–Kier alpha value is -2.67. The maximum atomic E-state index is 4.41. The van der Waals surface area contributed by atoms with Crippen molar-refractivity contribution in [2.24, 2.45) is 0 Å². The van der Waals surface area contributed by atoms with Gasteiger partial charge in [-0.15, -0.1) is 35.9 Å². The Morgan fingerprint density at radius 3 is 2.36 bits per heavy atom. The summed E-state index contributed by atoms with van der Waals surface area (Å²) in [5.74, 6) is 2.88. The summed E-state index contributed by atoms with van der Waals surface area (Å²) < 4.78 is 0. The smallest absolute Gasteiger partial charge is 0.434 e. The molecule has 0 aliphatic carbocycles. The quantitative estimate of drug-likeness (QED) is 0.245. The third-order valence-corrected chi connectivity index (χ3v) is 5.04. The summed E-state index contributed by atoms with van der Waals surface area (Å²) in [6, 6.07) is 31.2. The Bertz CT molecular complexity index is 1040. The van der Waals surface area contributed by atoms with Crippen LogP contribution in [0.2, 0.25) is 0 Å². The van der Waals surface area contributed by atoms with Crippen molar-refractivity contribution >= 4 is 19.2 Å². The third-order valence-electron chi connectivity index (χ3n) is 3.94. The second-order valence-electron chi connectivity index (χ2n) is 5.80. The van der Waals surface area contributed by atoms with Crippen LogP contribution in [-0.2, 0) is 19.5 Å². The molecule has 0 fully saturated rings. The molecule has 0 aliphatic rings. The van der Waals surface area contributed by atoms with E-state index in [0.29, 0.717) is 5.82 Å². The monoisotopic (exact) mass is 469 g/mol. The molecule has 0 bridgehead atoms. The van der Waals surface area contributed by atoms with Crippen LogP contribution in [0.25, 0.3) is 33.4 Å². The summed E-state index contributed by atoms with van der Waals surface area (Å²) in [5.41, 5.74) is 3.86. The van der Waals surface area contributed by atoms with Crippen molar-refractivity contribution in [3.05, 3.63) is 103 Å². The van der Waals surface area contributed by atoms with E-state index >= 15 is 0 Å². The molecule has 137 valence electrons. The minimum absolute atomic E-state index is 0. The zero-order chi connectivity index (χ0) is 18.3. The Kier molecular flexibility index (Phi) is 7.20. The van der Waals surface area contributed by atoms with Crippen molar-refractivity contribution in [3.8, 4) is 22.4 Å². The SMILES string of the molecule is [Rh+2].[c-]1ccccc1-c1cccc[pH+]1.c1ccc(-c2nc3ccccc3[n-]2)nc1. The van der Waals surface area contributed by atoms with E-state index in [9.17, 15) is 0 Å². The molecule has 0 spiro atoms. The molecular weight excluding hydrogens is 452 g/mol. The molecule has 0 saturated heterocycles. The fourth-order valence-electron chi connectivity index (χ4n) is 2.64. The molecule has 0 N–H and O–H groups in total. The normalized spacial score (nSPS) is 10.1. The third kappa shape index (κ3) is 4.98. The fourth-order valence-corrected chi connectivity index (χ4v) is 3.53. The van der Waals surface area contributed by atoms with Crippen molar-refractivity contribution in [1.82, 2.24) is 15.0 Å². The number of aromatic nitrogens is 3. The minimum atomic E-state index is 0. The fraction of sp³-hybridized carbons (Fsp3) is 0. The van der Waals surface area contributed by atoms with Crippen LogP contribution in [0.3, 0.4) is 0 Å². The van der Waals surface area contributed by atoms with Crippen LogP contribution in [0.4, 0.5) is 0 Å². The average Bonchev–Trinajstić information content (AvgIpc) is 3.21. The molecule has 5 rings (SSSR count). The van der Waals surface area contributed by atoms with E-state index in [-0.39, 0.29) is 19.5 Å². The van der Waals surface area contributed by atoms with Crippen molar-refractivity contribution in [2.45, 2.75) is 0 Å². The number of benzene rings is 2. The van der Waals surface area contributed by atoms with Gasteiger partial charge in [0.05, 0.1) is 19.2 Å². The van der Waals surface area contributed by atoms with Gasteiger partial charge in [-0.25, -0.2) is 0 Å². The molecule has 3 nitrogen and oxygen atoms in total. The van der Waals surface area contributed by atoms with Gasteiger partial charge in [0.15, 0.2) is 0 Å². The molecule has 5 heteroatoms. The molecule has 0 saturated carbocycles. The number of nitrogens with zero attached hydrogens (tertiary/aromatic N) is 3. The zero-order valence-corrected chi connectivity index (χ0v) is 17.6. The van der Waals surface area contributed by atoms with Crippen LogP contribution in [0, 0.1) is 6.07 Å². The first-order valence-electron chi connectivity index (χ1n) is 8.65. The van der Waals surface area contributed by atoms with Gasteiger partial charge >= 0.3 is 19.5 Å². The second-order valence-corrected chi connectivity index (χ2v) is 6.96. The van der Waals surface area contributed by atoms with E-state index in [2.05, 4.69) is 57.1 Å². The van der Waals surface area contributed by atoms with Gasteiger partial charge in [0.25, 0.3) is 0 Å². The summed E-state index contributed by atoms with van der Waals surface area (Å²) >= 11 is 0. The number of hydrogen-bond donors (Lipinski definition) is 0. The van der Waals surface area contributed by atoms with Crippen LogP contribution < -0.4 is 4.98 Å². The Balaban J connectivity index is 0.000000159. The number of fused-ring (bicyclic) bond motifs is 1. The molecule has 1 unspecified atom stereocenters. The minimum Gasteiger partial charge on any atom is -0.434 e. The zero-order valence-electron chi connectivity index (χ0n) is 14.9. The molecule has 28 heavy (non-hydrogen) atoms. The largest absolute Gasteiger partial charge is 2.00 e. The van der Waals surface area contributed by atoms with Crippen LogP contribution in [0.1, 0.15) is 0 Å². The van der Waals surface area contributed by atoms with Crippen molar-refractivity contribution < 1.29 is 19.5 Å². The van der Waals surface area contributed by atoms with E-state index in [1.807, 2.05) is 54.6 Å². The van der Waals surface area contributed by atoms with Crippen LogP contribution >= 0.6 is 8.19 Å². The second kappa shape index (κ2) is 10.0. The number of hydrogen-bond acceptors (Lipinski definition) is 2. The van der Waals surface area contributed by atoms with Gasteiger partial charge in [-0.3, -0.25) is 4.98 Å². The first-order valence-corrected chi connectivity index (χ1v) is 9.72. The Morgan fingerprint density at radius 2 is 1.64 bits per heavy atom. The van der Waals surface area contributed by atoms with Gasteiger partial charge < -0.3 is 9.97 Å². The number of imidazole rings is 1. The number of pyridine rings is 1. The molecular formula is C23H17N3PRh+. The first kappa shape index (κ1) is 20.1. The first-order chi connectivity index (χ1) is 13.4. The topological polar surface area (TPSA) is 39.9 Å². The van der Waals surface area contributed by atoms with Crippen LogP contribution in [-0.4, -0.2) is 9.97 Å². The molecule has 5 aromatic rings. The number of rotatable bonds is 2. The van der Waals surface area contributed by atoms with E-state index in [1.165, 1.54) is 10.9 Å². The molecule has 0 amide bonds. The van der Waals surface area contributed by atoms with E-state index in [1.54, 1.807) is 6.20 Å². The summed E-state index contributed by atoms with van der Waals surface area (Å²) in [5, 5.41) is 1.37. The summed E-state index contributed by atoms with van der Waals surface area (Å²) in [6.45, 7) is 0. The van der Waals surface area contributed by atoms with Gasteiger partial charge in [-0.2, -0.15) is 0 Å².